The lowest BCUT2D eigenvalue weighted by atomic mass is 10.3. The molecule has 0 saturated carbocycles. The Morgan fingerprint density at radius 3 is 2.10 bits per heavy atom. The molecule has 162 valence electrons. The van der Waals surface area contributed by atoms with Crippen molar-refractivity contribution in [2.24, 2.45) is 0 Å². The van der Waals surface area contributed by atoms with Crippen LogP contribution in [0.1, 0.15) is 0 Å². The lowest BCUT2D eigenvalue weighted by molar-refractivity contribution is -0.384. The minimum absolute atomic E-state index is 0.0410. The summed E-state index contributed by atoms with van der Waals surface area (Å²) in [5, 5.41) is 17.0. The van der Waals surface area contributed by atoms with Crippen LogP contribution in [0.15, 0.2) is 53.9 Å². The van der Waals surface area contributed by atoms with Crippen LogP contribution < -0.4 is 4.74 Å². The summed E-state index contributed by atoms with van der Waals surface area (Å²) in [6.07, 6.45) is 0. The Bertz CT molecular complexity index is 787. The molecule has 0 unspecified atom stereocenters. The van der Waals surface area contributed by atoms with Gasteiger partial charge in [0.1, 0.15) is 12.4 Å². The highest BCUT2D eigenvalue weighted by Gasteiger charge is 2.18. The summed E-state index contributed by atoms with van der Waals surface area (Å²) in [5.74, 6) is 0.576. The van der Waals surface area contributed by atoms with Crippen LogP contribution in [0, 0.1) is 10.1 Å². The number of benzene rings is 1. The van der Waals surface area contributed by atoms with E-state index in [0.29, 0.717) is 52.0 Å². The monoisotopic (exact) mass is 487 g/mol. The smallest absolute Gasteiger partial charge is 0.269 e. The van der Waals surface area contributed by atoms with E-state index in [4.69, 9.17) is 18.9 Å². The standard InChI is InChI=1S/C19H21NO6S4/c21-20(22)15-1-3-16(4-2-15)26-10-9-24-6-5-23-7-8-25-13-17-14-29-19(30-17)18-27-11-12-28-18/h1-4,11-12,14H,5-10,13H2. The molecule has 0 amide bonds. The Morgan fingerprint density at radius 1 is 0.800 bits per heavy atom. The zero-order valence-corrected chi connectivity index (χ0v) is 19.3. The number of thioether (sulfide) groups is 4. The summed E-state index contributed by atoms with van der Waals surface area (Å²) in [4.78, 5) is 11.4. The third-order valence-electron chi connectivity index (χ3n) is 3.63. The van der Waals surface area contributed by atoms with Crippen LogP contribution in [0.5, 0.6) is 5.75 Å². The molecule has 0 N–H and O–H groups in total. The summed E-state index contributed by atoms with van der Waals surface area (Å²) in [5.41, 5.74) is 0.0410. The number of nitro benzene ring substituents is 1. The molecule has 0 aliphatic carbocycles. The minimum Gasteiger partial charge on any atom is -0.491 e. The van der Waals surface area contributed by atoms with Gasteiger partial charge in [-0.15, -0.1) is 0 Å². The Balaban J connectivity index is 1.12. The van der Waals surface area contributed by atoms with Gasteiger partial charge in [-0.3, -0.25) is 10.1 Å². The van der Waals surface area contributed by atoms with Crippen molar-refractivity contribution in [3.63, 3.8) is 0 Å². The minimum atomic E-state index is -0.441. The van der Waals surface area contributed by atoms with Crippen LogP contribution in [-0.4, -0.2) is 51.2 Å². The van der Waals surface area contributed by atoms with Gasteiger partial charge in [-0.1, -0.05) is 47.0 Å². The highest BCUT2D eigenvalue weighted by Crippen LogP contribution is 2.53. The molecule has 1 aromatic carbocycles. The van der Waals surface area contributed by atoms with Crippen LogP contribution in [0.3, 0.4) is 0 Å². The fourth-order valence-electron chi connectivity index (χ4n) is 2.24. The first-order valence-corrected chi connectivity index (χ1v) is 12.5. The molecule has 0 radical (unpaired) electrons. The van der Waals surface area contributed by atoms with Crippen molar-refractivity contribution in [3.05, 3.63) is 64.0 Å². The fraction of sp³-hybridized carbons (Fsp3) is 0.368. The van der Waals surface area contributed by atoms with Crippen LogP contribution in [0.25, 0.3) is 0 Å². The molecule has 0 bridgehead atoms. The van der Waals surface area contributed by atoms with Gasteiger partial charge in [-0.05, 0) is 28.4 Å². The second-order valence-electron chi connectivity index (χ2n) is 5.76. The van der Waals surface area contributed by atoms with Gasteiger partial charge in [0, 0.05) is 17.0 Å². The normalized spacial score (nSPS) is 15.7. The number of rotatable bonds is 13. The predicted octanol–water partition coefficient (Wildman–Crippen LogP) is 5.42. The maximum absolute atomic E-state index is 10.6. The van der Waals surface area contributed by atoms with E-state index >= 15 is 0 Å². The Morgan fingerprint density at radius 2 is 1.43 bits per heavy atom. The van der Waals surface area contributed by atoms with Crippen molar-refractivity contribution in [2.45, 2.75) is 0 Å². The quantitative estimate of drug-likeness (QED) is 0.204. The van der Waals surface area contributed by atoms with E-state index in [0.717, 1.165) is 0 Å². The zero-order valence-electron chi connectivity index (χ0n) is 16.0. The van der Waals surface area contributed by atoms with E-state index in [1.807, 2.05) is 0 Å². The van der Waals surface area contributed by atoms with Crippen LogP contribution in [0.4, 0.5) is 5.69 Å². The van der Waals surface area contributed by atoms with Crippen LogP contribution >= 0.6 is 47.0 Å². The molecule has 7 nitrogen and oxygen atoms in total. The van der Waals surface area contributed by atoms with Gasteiger partial charge in [0.2, 0.25) is 0 Å². The van der Waals surface area contributed by atoms with Gasteiger partial charge >= 0.3 is 0 Å². The lowest BCUT2D eigenvalue weighted by Gasteiger charge is -2.08. The second kappa shape index (κ2) is 13.4. The second-order valence-corrected chi connectivity index (χ2v) is 10.1. The molecule has 11 heteroatoms. The number of hydrogen-bond donors (Lipinski definition) is 0. The summed E-state index contributed by atoms with van der Waals surface area (Å²) in [6.45, 7) is 3.44. The number of nitro groups is 1. The van der Waals surface area contributed by atoms with Crippen LogP contribution in [0.2, 0.25) is 0 Å². The van der Waals surface area contributed by atoms with E-state index in [9.17, 15) is 10.1 Å². The van der Waals surface area contributed by atoms with E-state index in [-0.39, 0.29) is 5.69 Å². The topological polar surface area (TPSA) is 80.1 Å². The van der Waals surface area contributed by atoms with Gasteiger partial charge < -0.3 is 18.9 Å². The van der Waals surface area contributed by atoms with Crippen molar-refractivity contribution < 1.29 is 23.9 Å². The maximum Gasteiger partial charge on any atom is 0.269 e. The number of nitrogens with zero attached hydrogens (tertiary/aromatic N) is 1. The maximum atomic E-state index is 10.6. The van der Waals surface area contributed by atoms with Crippen molar-refractivity contribution in [2.75, 3.05) is 46.2 Å². The van der Waals surface area contributed by atoms with Crippen molar-refractivity contribution in [1.29, 1.82) is 0 Å². The molecule has 3 rings (SSSR count). The molecule has 0 aromatic heterocycles. The highest BCUT2D eigenvalue weighted by atomic mass is 32.2. The molecule has 0 spiro atoms. The lowest BCUT2D eigenvalue weighted by Crippen LogP contribution is -2.13. The summed E-state index contributed by atoms with van der Waals surface area (Å²) < 4.78 is 24.7. The number of non-ortho nitro benzene ring substituents is 1. The van der Waals surface area contributed by atoms with Crippen molar-refractivity contribution in [3.8, 4) is 5.75 Å². The molecule has 0 saturated heterocycles. The van der Waals surface area contributed by atoms with E-state index in [2.05, 4.69) is 16.2 Å². The largest absolute Gasteiger partial charge is 0.491 e. The first-order chi connectivity index (χ1) is 14.7. The molecule has 0 fully saturated rings. The van der Waals surface area contributed by atoms with Gasteiger partial charge in [0.25, 0.3) is 5.69 Å². The Labute approximate surface area is 192 Å². The summed E-state index contributed by atoms with van der Waals surface area (Å²) in [7, 11) is 0. The zero-order chi connectivity index (χ0) is 21.0. The first-order valence-electron chi connectivity index (χ1n) is 9.09. The van der Waals surface area contributed by atoms with Crippen molar-refractivity contribution in [1.82, 2.24) is 0 Å². The predicted molar refractivity (Wildman–Crippen MR) is 126 cm³/mol. The molecule has 2 aliphatic heterocycles. The van der Waals surface area contributed by atoms with Gasteiger partial charge in [0.15, 0.2) is 0 Å². The van der Waals surface area contributed by atoms with Crippen LogP contribution in [-0.2, 0) is 14.2 Å². The molecule has 2 aliphatic rings. The third kappa shape index (κ3) is 8.22. The molecule has 1 aromatic rings. The van der Waals surface area contributed by atoms with E-state index in [1.165, 1.54) is 25.5 Å². The first kappa shape index (κ1) is 23.6. The SMILES string of the molecule is O=[N+]([O-])c1ccc(OCCOCCOCCOCC2=CSC(=C3SC=CS3)S2)cc1. The summed E-state index contributed by atoms with van der Waals surface area (Å²) >= 11 is 7.09. The molecule has 2 heterocycles. The van der Waals surface area contributed by atoms with E-state index < -0.39 is 4.92 Å². The van der Waals surface area contributed by atoms with Gasteiger partial charge in [-0.25, -0.2) is 0 Å². The Hall–Kier alpha value is -1.08. The molecule has 0 atom stereocenters. The van der Waals surface area contributed by atoms with Crippen molar-refractivity contribution >= 4 is 52.7 Å². The highest BCUT2D eigenvalue weighted by molar-refractivity contribution is 8.33. The van der Waals surface area contributed by atoms with Gasteiger partial charge in [0.05, 0.1) is 53.0 Å². The van der Waals surface area contributed by atoms with E-state index in [1.54, 1.807) is 59.2 Å². The third-order valence-corrected chi connectivity index (χ3v) is 8.67. The average molecular weight is 488 g/mol. The van der Waals surface area contributed by atoms with Gasteiger partial charge in [-0.2, -0.15) is 0 Å². The molecule has 30 heavy (non-hydrogen) atoms. The fourth-order valence-corrected chi connectivity index (χ4v) is 6.65. The molecular formula is C19H21NO6S4. The molecular weight excluding hydrogens is 466 g/mol. The average Bonchev–Trinajstić information content (AvgIpc) is 3.44. The summed E-state index contributed by atoms with van der Waals surface area (Å²) in [6, 6.07) is 5.96. The number of hydrogen-bond acceptors (Lipinski definition) is 10. The number of ether oxygens (including phenoxy) is 4. The Kier molecular flexibility index (Phi) is 10.5.